The lowest BCUT2D eigenvalue weighted by Crippen LogP contribution is -1.94. The molecule has 10 rings (SSSR count). The summed E-state index contributed by atoms with van der Waals surface area (Å²) in [6, 6.07) is 57.7. The zero-order valence-corrected chi connectivity index (χ0v) is 23.9. The van der Waals surface area contributed by atoms with Crippen LogP contribution in [0, 0.1) is 0 Å². The Kier molecular flexibility index (Phi) is 4.75. The maximum atomic E-state index is 2.51. The molecular formula is C42H26N2. The number of rotatable bonds is 3. The summed E-state index contributed by atoms with van der Waals surface area (Å²) in [5, 5.41) is 7.73. The molecule has 2 nitrogen and oxygen atoms in total. The van der Waals surface area contributed by atoms with Gasteiger partial charge in [-0.05, 0) is 70.1 Å². The molecule has 7 aromatic carbocycles. The SMILES string of the molecule is c1ccc(-c2ccccc2-c2cc3c4ccccc4n4c5ccccc5c5ccc6c(c3c(c2)n6-c2ccccc2)c54)cc1. The first kappa shape index (κ1) is 23.7. The fourth-order valence-electron chi connectivity index (χ4n) is 7.65. The van der Waals surface area contributed by atoms with Gasteiger partial charge in [-0.15, -0.1) is 0 Å². The van der Waals surface area contributed by atoms with E-state index in [1.165, 1.54) is 87.8 Å². The summed E-state index contributed by atoms with van der Waals surface area (Å²) in [7, 11) is 0. The second kappa shape index (κ2) is 8.82. The van der Waals surface area contributed by atoms with E-state index in [1.807, 2.05) is 0 Å². The van der Waals surface area contributed by atoms with Gasteiger partial charge in [0.15, 0.2) is 0 Å². The van der Waals surface area contributed by atoms with Gasteiger partial charge in [-0.1, -0.05) is 115 Å². The van der Waals surface area contributed by atoms with Crippen LogP contribution >= 0.6 is 0 Å². The van der Waals surface area contributed by atoms with Crippen LogP contribution in [0.5, 0.6) is 0 Å². The number of para-hydroxylation sites is 3. The van der Waals surface area contributed by atoms with E-state index in [-0.39, 0.29) is 0 Å². The zero-order valence-electron chi connectivity index (χ0n) is 23.9. The summed E-state index contributed by atoms with van der Waals surface area (Å²) in [6.45, 7) is 0. The Labute approximate surface area is 254 Å². The molecule has 0 aliphatic carbocycles. The van der Waals surface area contributed by atoms with E-state index in [4.69, 9.17) is 0 Å². The van der Waals surface area contributed by atoms with Crippen LogP contribution < -0.4 is 0 Å². The van der Waals surface area contributed by atoms with Crippen LogP contribution in [-0.2, 0) is 0 Å². The molecule has 0 N–H and O–H groups in total. The van der Waals surface area contributed by atoms with Crippen molar-refractivity contribution in [2.75, 3.05) is 0 Å². The van der Waals surface area contributed by atoms with Crippen molar-refractivity contribution in [3.05, 3.63) is 158 Å². The predicted octanol–water partition coefficient (Wildman–Crippen LogP) is 11.3. The van der Waals surface area contributed by atoms with Crippen LogP contribution in [0.3, 0.4) is 0 Å². The topological polar surface area (TPSA) is 9.34 Å². The van der Waals surface area contributed by atoms with Crippen molar-refractivity contribution >= 4 is 59.9 Å². The molecular weight excluding hydrogens is 532 g/mol. The molecule has 2 heteroatoms. The van der Waals surface area contributed by atoms with Crippen LogP contribution in [0.4, 0.5) is 0 Å². The van der Waals surface area contributed by atoms with Crippen LogP contribution in [0.2, 0.25) is 0 Å². The Morgan fingerprint density at radius 2 is 0.932 bits per heavy atom. The van der Waals surface area contributed by atoms with Gasteiger partial charge in [-0.25, -0.2) is 0 Å². The molecule has 204 valence electrons. The molecule has 3 aromatic heterocycles. The van der Waals surface area contributed by atoms with Crippen molar-refractivity contribution in [1.82, 2.24) is 8.97 Å². The van der Waals surface area contributed by atoms with Crippen molar-refractivity contribution in [1.29, 1.82) is 0 Å². The third-order valence-corrected chi connectivity index (χ3v) is 9.44. The Balaban J connectivity index is 1.49. The van der Waals surface area contributed by atoms with Gasteiger partial charge in [0, 0.05) is 32.6 Å². The van der Waals surface area contributed by atoms with Crippen LogP contribution in [-0.4, -0.2) is 8.97 Å². The largest absolute Gasteiger partial charge is 0.309 e. The highest BCUT2D eigenvalue weighted by molar-refractivity contribution is 6.33. The third kappa shape index (κ3) is 3.09. The number of benzene rings is 7. The average Bonchev–Trinajstić information content (AvgIpc) is 3.57. The van der Waals surface area contributed by atoms with Gasteiger partial charge in [0.1, 0.15) is 0 Å². The molecule has 0 saturated carbocycles. The minimum absolute atomic E-state index is 1.17. The highest BCUT2D eigenvalue weighted by atomic mass is 15.0. The maximum Gasteiger partial charge on any atom is 0.0641 e. The summed E-state index contributed by atoms with van der Waals surface area (Å²) in [5.41, 5.74) is 12.3. The first-order valence-corrected chi connectivity index (χ1v) is 15.2. The first-order valence-electron chi connectivity index (χ1n) is 15.2. The van der Waals surface area contributed by atoms with E-state index < -0.39 is 0 Å². The number of aromatic nitrogens is 2. The molecule has 0 amide bonds. The summed E-state index contributed by atoms with van der Waals surface area (Å²) in [6.07, 6.45) is 0. The van der Waals surface area contributed by atoms with E-state index >= 15 is 0 Å². The molecule has 0 saturated heterocycles. The second-order valence-corrected chi connectivity index (χ2v) is 11.7. The van der Waals surface area contributed by atoms with E-state index in [0.717, 1.165) is 0 Å². The summed E-state index contributed by atoms with van der Waals surface area (Å²) in [4.78, 5) is 0. The summed E-state index contributed by atoms with van der Waals surface area (Å²) < 4.78 is 4.98. The monoisotopic (exact) mass is 558 g/mol. The molecule has 0 spiro atoms. The molecule has 0 aliphatic rings. The van der Waals surface area contributed by atoms with Crippen LogP contribution in [0.1, 0.15) is 0 Å². The lowest BCUT2D eigenvalue weighted by atomic mass is 9.92. The quantitative estimate of drug-likeness (QED) is 0.204. The standard InChI is InChI=1S/C42H26N2/c1-3-13-27(14-4-1)30-17-7-8-18-31(30)28-25-35-33-20-10-12-22-37(33)44-36-21-11-9-19-32(36)34-23-24-38-41(42(34)44)40(35)39(26-28)43(38)29-15-5-2-6-16-29/h1-26H. The third-order valence-electron chi connectivity index (χ3n) is 9.44. The molecule has 0 radical (unpaired) electrons. The van der Waals surface area contributed by atoms with Crippen LogP contribution in [0.25, 0.3) is 87.8 Å². The Bertz CT molecular complexity index is 2690. The molecule has 3 heterocycles. The fourth-order valence-corrected chi connectivity index (χ4v) is 7.65. The summed E-state index contributed by atoms with van der Waals surface area (Å²) in [5.74, 6) is 0. The van der Waals surface area contributed by atoms with Crippen LogP contribution in [0.15, 0.2) is 158 Å². The molecule has 0 fully saturated rings. The number of fused-ring (bicyclic) bond motifs is 6. The lowest BCUT2D eigenvalue weighted by Gasteiger charge is -2.13. The highest BCUT2D eigenvalue weighted by Gasteiger charge is 2.24. The van der Waals surface area contributed by atoms with Gasteiger partial charge in [0.25, 0.3) is 0 Å². The van der Waals surface area contributed by atoms with Crippen molar-refractivity contribution < 1.29 is 0 Å². The van der Waals surface area contributed by atoms with Crippen molar-refractivity contribution in [3.8, 4) is 27.9 Å². The van der Waals surface area contributed by atoms with Gasteiger partial charge in [-0.2, -0.15) is 0 Å². The van der Waals surface area contributed by atoms with E-state index in [1.54, 1.807) is 0 Å². The molecule has 10 aromatic rings. The number of nitrogens with zero attached hydrogens (tertiary/aromatic N) is 2. The molecule has 0 aliphatic heterocycles. The highest BCUT2D eigenvalue weighted by Crippen LogP contribution is 2.47. The van der Waals surface area contributed by atoms with Gasteiger partial charge in [0.2, 0.25) is 0 Å². The fraction of sp³-hybridized carbons (Fsp3) is 0. The van der Waals surface area contributed by atoms with Crippen molar-refractivity contribution in [2.45, 2.75) is 0 Å². The molecule has 0 unspecified atom stereocenters. The van der Waals surface area contributed by atoms with E-state index in [2.05, 4.69) is 167 Å². The lowest BCUT2D eigenvalue weighted by molar-refractivity contribution is 1.18. The van der Waals surface area contributed by atoms with Gasteiger partial charge < -0.3 is 8.97 Å². The molecule has 44 heavy (non-hydrogen) atoms. The summed E-state index contributed by atoms with van der Waals surface area (Å²) >= 11 is 0. The maximum absolute atomic E-state index is 2.51. The molecule has 0 atom stereocenters. The number of hydrogen-bond donors (Lipinski definition) is 0. The van der Waals surface area contributed by atoms with Gasteiger partial charge in [0.05, 0.1) is 27.6 Å². The molecule has 0 bridgehead atoms. The van der Waals surface area contributed by atoms with E-state index in [0.29, 0.717) is 0 Å². The smallest absolute Gasteiger partial charge is 0.0641 e. The van der Waals surface area contributed by atoms with E-state index in [9.17, 15) is 0 Å². The minimum atomic E-state index is 1.17. The average molecular weight is 559 g/mol. The predicted molar refractivity (Wildman–Crippen MR) is 186 cm³/mol. The normalized spacial score (nSPS) is 12.1. The Hall–Kier alpha value is -5.86. The second-order valence-electron chi connectivity index (χ2n) is 11.7. The van der Waals surface area contributed by atoms with Gasteiger partial charge >= 0.3 is 0 Å². The Morgan fingerprint density at radius 3 is 1.66 bits per heavy atom. The van der Waals surface area contributed by atoms with Gasteiger partial charge in [-0.3, -0.25) is 0 Å². The number of hydrogen-bond acceptors (Lipinski definition) is 0. The van der Waals surface area contributed by atoms with Crippen molar-refractivity contribution in [3.63, 3.8) is 0 Å². The van der Waals surface area contributed by atoms with Crippen molar-refractivity contribution in [2.24, 2.45) is 0 Å². The first-order chi connectivity index (χ1) is 21.9. The minimum Gasteiger partial charge on any atom is -0.309 e. The zero-order chi connectivity index (χ0) is 28.8. The Morgan fingerprint density at radius 1 is 0.341 bits per heavy atom.